The first-order chi connectivity index (χ1) is 9.50. The van der Waals surface area contributed by atoms with Gasteiger partial charge < -0.3 is 10.4 Å². The molecule has 1 aromatic rings. The Hall–Kier alpha value is -0.820. The van der Waals surface area contributed by atoms with Gasteiger partial charge in [0.05, 0.1) is 6.20 Å². The summed E-state index contributed by atoms with van der Waals surface area (Å²) in [5.41, 5.74) is 0. The highest BCUT2D eigenvalue weighted by atomic mass is 32.1. The van der Waals surface area contributed by atoms with Crippen LogP contribution in [0, 0.1) is 5.92 Å². The lowest BCUT2D eigenvalue weighted by Gasteiger charge is -2.30. The summed E-state index contributed by atoms with van der Waals surface area (Å²) in [5.74, 6) is 0.411. The molecule has 1 aromatic heterocycles. The number of thiazole rings is 1. The van der Waals surface area contributed by atoms with Crippen LogP contribution in [0.4, 0.5) is 18.3 Å². The van der Waals surface area contributed by atoms with Crippen molar-refractivity contribution in [3.63, 3.8) is 0 Å². The Kier molecular flexibility index (Phi) is 5.26. The molecule has 114 valence electrons. The largest absolute Gasteiger partial charge is 0.427 e. The highest BCUT2D eigenvalue weighted by Crippen LogP contribution is 2.36. The van der Waals surface area contributed by atoms with Crippen molar-refractivity contribution in [3.8, 4) is 0 Å². The van der Waals surface area contributed by atoms with Crippen molar-refractivity contribution in [2.24, 2.45) is 5.92 Å². The van der Waals surface area contributed by atoms with Gasteiger partial charge in [0.15, 0.2) is 5.13 Å². The fraction of sp³-hybridized carbons (Fsp3) is 0.769. The topological polar surface area (TPSA) is 45.1 Å². The van der Waals surface area contributed by atoms with Gasteiger partial charge >= 0.3 is 6.18 Å². The molecule has 2 rings (SSSR count). The SMILES string of the molecule is OCCC(Nc1ncc(C(F)(F)F)s1)C1CCCCC1. The van der Waals surface area contributed by atoms with Crippen molar-refractivity contribution in [2.45, 2.75) is 50.7 Å². The molecule has 1 fully saturated rings. The van der Waals surface area contributed by atoms with E-state index in [-0.39, 0.29) is 12.6 Å². The van der Waals surface area contributed by atoms with Crippen molar-refractivity contribution in [1.82, 2.24) is 4.98 Å². The van der Waals surface area contributed by atoms with Crippen LogP contribution in [0.15, 0.2) is 6.20 Å². The quantitative estimate of drug-likeness (QED) is 0.867. The molecule has 1 aliphatic carbocycles. The molecule has 2 N–H and O–H groups in total. The molecule has 0 amide bonds. The normalized spacial score (nSPS) is 19.0. The van der Waals surface area contributed by atoms with Crippen LogP contribution in [0.5, 0.6) is 0 Å². The first-order valence-corrected chi connectivity index (χ1v) is 7.73. The van der Waals surface area contributed by atoms with E-state index in [1.54, 1.807) is 0 Å². The molecule has 0 saturated heterocycles. The minimum Gasteiger partial charge on any atom is -0.396 e. The first-order valence-electron chi connectivity index (χ1n) is 6.91. The van der Waals surface area contributed by atoms with E-state index >= 15 is 0 Å². The van der Waals surface area contributed by atoms with Crippen molar-refractivity contribution in [2.75, 3.05) is 11.9 Å². The number of aromatic nitrogens is 1. The maximum atomic E-state index is 12.5. The third-order valence-electron chi connectivity index (χ3n) is 3.75. The summed E-state index contributed by atoms with van der Waals surface area (Å²) in [6.07, 6.45) is 2.73. The van der Waals surface area contributed by atoms with Crippen LogP contribution in [-0.2, 0) is 6.18 Å². The molecule has 1 saturated carbocycles. The standard InChI is InChI=1S/C13H19F3N2OS/c14-13(15,16)11-8-17-12(20-11)18-10(6-7-19)9-4-2-1-3-5-9/h8-10,19H,1-7H2,(H,17,18). The number of nitrogens with one attached hydrogen (secondary N) is 1. The van der Waals surface area contributed by atoms with Crippen LogP contribution in [0.3, 0.4) is 0 Å². The molecule has 1 unspecified atom stereocenters. The zero-order valence-corrected chi connectivity index (χ0v) is 11.9. The third kappa shape index (κ3) is 4.09. The van der Waals surface area contributed by atoms with Gasteiger partial charge in [-0.05, 0) is 25.2 Å². The van der Waals surface area contributed by atoms with E-state index in [0.717, 1.165) is 31.9 Å². The summed E-state index contributed by atoms with van der Waals surface area (Å²) in [5, 5.41) is 12.5. The van der Waals surface area contributed by atoms with Gasteiger partial charge in [0, 0.05) is 12.6 Å². The van der Waals surface area contributed by atoms with Crippen LogP contribution >= 0.6 is 11.3 Å². The molecule has 0 spiro atoms. The number of nitrogens with zero attached hydrogens (tertiary/aromatic N) is 1. The summed E-state index contributed by atoms with van der Waals surface area (Å²) < 4.78 is 37.6. The maximum Gasteiger partial charge on any atom is 0.427 e. The van der Waals surface area contributed by atoms with Crippen LogP contribution in [-0.4, -0.2) is 22.7 Å². The molecular weight excluding hydrogens is 289 g/mol. The van der Waals surface area contributed by atoms with E-state index in [1.165, 1.54) is 6.42 Å². The average Bonchev–Trinajstić information content (AvgIpc) is 2.88. The van der Waals surface area contributed by atoms with Gasteiger partial charge in [-0.25, -0.2) is 4.98 Å². The molecule has 20 heavy (non-hydrogen) atoms. The molecule has 1 atom stereocenters. The van der Waals surface area contributed by atoms with Crippen molar-refractivity contribution in [3.05, 3.63) is 11.1 Å². The van der Waals surface area contributed by atoms with Gasteiger partial charge in [0.2, 0.25) is 0 Å². The number of aliphatic hydroxyl groups is 1. The summed E-state index contributed by atoms with van der Waals surface area (Å²) >= 11 is 0.629. The number of hydrogen-bond donors (Lipinski definition) is 2. The van der Waals surface area contributed by atoms with E-state index in [4.69, 9.17) is 5.11 Å². The molecular formula is C13H19F3N2OS. The van der Waals surface area contributed by atoms with Crippen molar-refractivity contribution in [1.29, 1.82) is 0 Å². The summed E-state index contributed by atoms with van der Waals surface area (Å²) in [6, 6.07) is 0.00698. The third-order valence-corrected chi connectivity index (χ3v) is 4.73. The lowest BCUT2D eigenvalue weighted by atomic mass is 9.83. The summed E-state index contributed by atoms with van der Waals surface area (Å²) in [7, 11) is 0. The lowest BCUT2D eigenvalue weighted by molar-refractivity contribution is -0.134. The van der Waals surface area contributed by atoms with E-state index < -0.39 is 11.1 Å². The second kappa shape index (κ2) is 6.76. The minimum atomic E-state index is -4.34. The van der Waals surface area contributed by atoms with Gasteiger partial charge in [-0.15, -0.1) is 0 Å². The smallest absolute Gasteiger partial charge is 0.396 e. The summed E-state index contributed by atoms with van der Waals surface area (Å²) in [6.45, 7) is 0.0334. The fourth-order valence-electron chi connectivity index (χ4n) is 2.73. The van der Waals surface area contributed by atoms with Crippen LogP contribution in [0.25, 0.3) is 0 Å². The molecule has 0 bridgehead atoms. The van der Waals surface area contributed by atoms with Crippen LogP contribution in [0.1, 0.15) is 43.4 Å². The molecule has 0 aliphatic heterocycles. The molecule has 0 aromatic carbocycles. The van der Waals surface area contributed by atoms with E-state index in [0.29, 0.717) is 28.8 Å². The highest BCUT2D eigenvalue weighted by molar-refractivity contribution is 7.15. The van der Waals surface area contributed by atoms with Gasteiger partial charge in [-0.2, -0.15) is 13.2 Å². The number of halogens is 3. The number of hydrogen-bond acceptors (Lipinski definition) is 4. The zero-order chi connectivity index (χ0) is 14.6. The Labute approximate surface area is 120 Å². The predicted octanol–water partition coefficient (Wildman–Crippen LogP) is 3.91. The molecule has 1 aliphatic rings. The van der Waals surface area contributed by atoms with Gasteiger partial charge in [0.1, 0.15) is 4.88 Å². The average molecular weight is 308 g/mol. The van der Waals surface area contributed by atoms with Crippen LogP contribution in [0.2, 0.25) is 0 Å². The maximum absolute atomic E-state index is 12.5. The molecule has 1 heterocycles. The number of rotatable bonds is 5. The lowest BCUT2D eigenvalue weighted by Crippen LogP contribution is -2.31. The minimum absolute atomic E-state index is 0.00698. The predicted molar refractivity (Wildman–Crippen MR) is 72.8 cm³/mol. The fourth-order valence-corrected chi connectivity index (χ4v) is 3.48. The van der Waals surface area contributed by atoms with Gasteiger partial charge in [0.25, 0.3) is 0 Å². The van der Waals surface area contributed by atoms with E-state index in [1.807, 2.05) is 0 Å². The van der Waals surface area contributed by atoms with Gasteiger partial charge in [-0.1, -0.05) is 30.6 Å². The van der Waals surface area contributed by atoms with Crippen molar-refractivity contribution < 1.29 is 18.3 Å². The van der Waals surface area contributed by atoms with E-state index in [9.17, 15) is 13.2 Å². The Balaban J connectivity index is 2.01. The Bertz CT molecular complexity index is 416. The molecule has 0 radical (unpaired) electrons. The number of alkyl halides is 3. The highest BCUT2D eigenvalue weighted by Gasteiger charge is 2.34. The van der Waals surface area contributed by atoms with Gasteiger partial charge in [-0.3, -0.25) is 0 Å². The van der Waals surface area contributed by atoms with E-state index in [2.05, 4.69) is 10.3 Å². The second-order valence-corrected chi connectivity index (χ2v) is 6.22. The second-order valence-electron chi connectivity index (χ2n) is 5.19. The van der Waals surface area contributed by atoms with Crippen LogP contribution < -0.4 is 5.32 Å². The Morgan fingerprint density at radius 1 is 1.35 bits per heavy atom. The van der Waals surface area contributed by atoms with Crippen molar-refractivity contribution >= 4 is 16.5 Å². The number of aliphatic hydroxyl groups excluding tert-OH is 1. The zero-order valence-electron chi connectivity index (χ0n) is 11.1. The Morgan fingerprint density at radius 3 is 2.60 bits per heavy atom. The first kappa shape index (κ1) is 15.6. The Morgan fingerprint density at radius 2 is 2.05 bits per heavy atom. The monoisotopic (exact) mass is 308 g/mol. The molecule has 7 heteroatoms. The molecule has 3 nitrogen and oxygen atoms in total. The number of anilines is 1. The summed E-state index contributed by atoms with van der Waals surface area (Å²) in [4.78, 5) is 3.12.